The Morgan fingerprint density at radius 1 is 1.47 bits per heavy atom. The molecule has 15 heavy (non-hydrogen) atoms. The second-order valence-electron chi connectivity index (χ2n) is 3.17. The van der Waals surface area contributed by atoms with Gasteiger partial charge in [-0.3, -0.25) is 4.79 Å². The Morgan fingerprint density at radius 2 is 2.13 bits per heavy atom. The predicted molar refractivity (Wildman–Crippen MR) is 62.3 cm³/mol. The molecule has 0 radical (unpaired) electrons. The molecule has 0 saturated heterocycles. The van der Waals surface area contributed by atoms with Gasteiger partial charge in [0.2, 0.25) is 0 Å². The van der Waals surface area contributed by atoms with Crippen molar-refractivity contribution in [1.29, 1.82) is 0 Å². The molecule has 0 atom stereocenters. The largest absolute Gasteiger partial charge is 0.497 e. The van der Waals surface area contributed by atoms with Crippen molar-refractivity contribution in [1.82, 2.24) is 4.90 Å². The SMILES string of the molecule is COc1ccc(SC(=O)N(C)C)c(N)c1. The summed E-state index contributed by atoms with van der Waals surface area (Å²) in [6.45, 7) is 0. The Hall–Kier alpha value is -1.36. The standard InChI is InChI=1S/C10H14N2O2S/c1-12(2)10(13)15-9-5-4-7(14-3)6-8(9)11/h4-6H,11H2,1-3H3. The quantitative estimate of drug-likeness (QED) is 0.619. The fourth-order valence-corrected chi connectivity index (χ4v) is 1.62. The summed E-state index contributed by atoms with van der Waals surface area (Å²) in [5.41, 5.74) is 6.32. The monoisotopic (exact) mass is 226 g/mol. The highest BCUT2D eigenvalue weighted by Crippen LogP contribution is 2.29. The van der Waals surface area contributed by atoms with Gasteiger partial charge in [-0.2, -0.15) is 0 Å². The first-order chi connectivity index (χ1) is 7.04. The van der Waals surface area contributed by atoms with Gasteiger partial charge in [0, 0.05) is 30.7 Å². The molecule has 0 saturated carbocycles. The van der Waals surface area contributed by atoms with Gasteiger partial charge >= 0.3 is 0 Å². The van der Waals surface area contributed by atoms with Crippen molar-refractivity contribution >= 4 is 22.7 Å². The van der Waals surface area contributed by atoms with E-state index in [9.17, 15) is 4.79 Å². The zero-order valence-electron chi connectivity index (χ0n) is 8.98. The number of hydrogen-bond donors (Lipinski definition) is 1. The van der Waals surface area contributed by atoms with Crippen molar-refractivity contribution in [2.24, 2.45) is 0 Å². The van der Waals surface area contributed by atoms with Crippen LogP contribution in [-0.4, -0.2) is 31.3 Å². The number of hydrogen-bond acceptors (Lipinski definition) is 4. The highest BCUT2D eigenvalue weighted by molar-refractivity contribution is 8.13. The molecule has 4 nitrogen and oxygen atoms in total. The van der Waals surface area contributed by atoms with Gasteiger partial charge in [-0.1, -0.05) is 0 Å². The first-order valence-electron chi connectivity index (χ1n) is 4.37. The summed E-state index contributed by atoms with van der Waals surface area (Å²) < 4.78 is 5.02. The molecule has 0 aliphatic heterocycles. The predicted octanol–water partition coefficient (Wildman–Crippen LogP) is 2.05. The number of ether oxygens (including phenoxy) is 1. The Kier molecular flexibility index (Phi) is 3.85. The molecule has 1 rings (SSSR count). The molecule has 0 unspecified atom stereocenters. The van der Waals surface area contributed by atoms with Crippen molar-refractivity contribution in [2.45, 2.75) is 4.90 Å². The molecule has 0 heterocycles. The second-order valence-corrected chi connectivity index (χ2v) is 4.16. The molecule has 0 bridgehead atoms. The third kappa shape index (κ3) is 3.06. The van der Waals surface area contributed by atoms with Crippen LogP contribution in [0.4, 0.5) is 10.5 Å². The van der Waals surface area contributed by atoms with Crippen molar-refractivity contribution in [3.05, 3.63) is 18.2 Å². The fourth-order valence-electron chi connectivity index (χ4n) is 0.932. The number of carbonyl (C=O) groups is 1. The molecular formula is C10H14N2O2S. The summed E-state index contributed by atoms with van der Waals surface area (Å²) >= 11 is 1.10. The number of nitrogens with zero attached hydrogens (tertiary/aromatic N) is 1. The minimum Gasteiger partial charge on any atom is -0.497 e. The Morgan fingerprint density at radius 3 is 2.60 bits per heavy atom. The number of methoxy groups -OCH3 is 1. The molecular weight excluding hydrogens is 212 g/mol. The summed E-state index contributed by atoms with van der Waals surface area (Å²) in [4.78, 5) is 13.7. The van der Waals surface area contributed by atoms with Gasteiger partial charge in [-0.05, 0) is 23.9 Å². The lowest BCUT2D eigenvalue weighted by atomic mass is 10.3. The third-order valence-electron chi connectivity index (χ3n) is 1.78. The van der Waals surface area contributed by atoms with Gasteiger partial charge in [-0.25, -0.2) is 0 Å². The number of nitrogen functional groups attached to an aromatic ring is 1. The zero-order chi connectivity index (χ0) is 11.4. The maximum atomic E-state index is 11.4. The van der Waals surface area contributed by atoms with Gasteiger partial charge in [0.1, 0.15) is 5.75 Å². The molecule has 0 aliphatic rings. The average molecular weight is 226 g/mol. The van der Waals surface area contributed by atoms with E-state index in [1.54, 1.807) is 39.4 Å². The van der Waals surface area contributed by atoms with Crippen molar-refractivity contribution in [2.75, 3.05) is 26.9 Å². The maximum absolute atomic E-state index is 11.4. The van der Waals surface area contributed by atoms with E-state index < -0.39 is 0 Å². The summed E-state index contributed by atoms with van der Waals surface area (Å²) in [5, 5.41) is -0.0492. The number of rotatable bonds is 2. The molecule has 5 heteroatoms. The number of anilines is 1. The second kappa shape index (κ2) is 4.93. The van der Waals surface area contributed by atoms with E-state index in [4.69, 9.17) is 10.5 Å². The van der Waals surface area contributed by atoms with E-state index in [0.717, 1.165) is 16.7 Å². The Balaban J connectivity index is 2.83. The van der Waals surface area contributed by atoms with Crippen LogP contribution in [0.3, 0.4) is 0 Å². The molecule has 0 spiro atoms. The number of thioether (sulfide) groups is 1. The van der Waals surface area contributed by atoms with Crippen LogP contribution in [0.5, 0.6) is 5.75 Å². The minimum absolute atomic E-state index is 0.0492. The molecule has 82 valence electrons. The number of benzene rings is 1. The van der Waals surface area contributed by atoms with E-state index in [1.807, 2.05) is 0 Å². The van der Waals surface area contributed by atoms with Crippen LogP contribution in [0.15, 0.2) is 23.1 Å². The molecule has 1 amide bonds. The maximum Gasteiger partial charge on any atom is 0.286 e. The van der Waals surface area contributed by atoms with Crippen LogP contribution in [-0.2, 0) is 0 Å². The van der Waals surface area contributed by atoms with Crippen molar-refractivity contribution in [3.63, 3.8) is 0 Å². The van der Waals surface area contributed by atoms with E-state index in [2.05, 4.69) is 0 Å². The summed E-state index contributed by atoms with van der Waals surface area (Å²) in [5.74, 6) is 0.689. The van der Waals surface area contributed by atoms with Gasteiger partial charge in [0.15, 0.2) is 0 Å². The number of carbonyl (C=O) groups excluding carboxylic acids is 1. The Labute approximate surface area is 93.4 Å². The molecule has 1 aromatic carbocycles. The third-order valence-corrected chi connectivity index (χ3v) is 2.91. The highest BCUT2D eigenvalue weighted by Gasteiger charge is 2.09. The summed E-state index contributed by atoms with van der Waals surface area (Å²) in [7, 11) is 4.98. The lowest BCUT2D eigenvalue weighted by molar-refractivity contribution is 0.241. The zero-order valence-corrected chi connectivity index (χ0v) is 9.80. The van der Waals surface area contributed by atoms with Crippen LogP contribution in [0.2, 0.25) is 0 Å². The van der Waals surface area contributed by atoms with E-state index in [0.29, 0.717) is 11.4 Å². The molecule has 0 aromatic heterocycles. The van der Waals surface area contributed by atoms with Crippen LogP contribution >= 0.6 is 11.8 Å². The van der Waals surface area contributed by atoms with Gasteiger partial charge in [-0.15, -0.1) is 0 Å². The topological polar surface area (TPSA) is 55.6 Å². The summed E-state index contributed by atoms with van der Waals surface area (Å²) in [6.07, 6.45) is 0. The van der Waals surface area contributed by atoms with Crippen LogP contribution < -0.4 is 10.5 Å². The van der Waals surface area contributed by atoms with Crippen LogP contribution in [0.25, 0.3) is 0 Å². The van der Waals surface area contributed by atoms with Crippen molar-refractivity contribution in [3.8, 4) is 5.75 Å². The molecule has 1 aromatic rings. The highest BCUT2D eigenvalue weighted by atomic mass is 32.2. The van der Waals surface area contributed by atoms with Gasteiger partial charge in [0.25, 0.3) is 5.24 Å². The normalized spacial score (nSPS) is 9.80. The first kappa shape index (κ1) is 11.7. The van der Waals surface area contributed by atoms with Gasteiger partial charge in [0.05, 0.1) is 7.11 Å². The number of amides is 1. The average Bonchev–Trinajstić information content (AvgIpc) is 2.20. The number of nitrogens with two attached hydrogens (primary N) is 1. The van der Waals surface area contributed by atoms with E-state index in [1.165, 1.54) is 4.90 Å². The minimum atomic E-state index is -0.0492. The Bertz CT molecular complexity index is 366. The molecule has 2 N–H and O–H groups in total. The lowest BCUT2D eigenvalue weighted by Gasteiger charge is -2.11. The van der Waals surface area contributed by atoms with E-state index >= 15 is 0 Å². The van der Waals surface area contributed by atoms with Crippen LogP contribution in [0, 0.1) is 0 Å². The van der Waals surface area contributed by atoms with Gasteiger partial charge < -0.3 is 15.4 Å². The smallest absolute Gasteiger partial charge is 0.286 e. The first-order valence-corrected chi connectivity index (χ1v) is 5.19. The summed E-state index contributed by atoms with van der Waals surface area (Å²) in [6, 6.07) is 5.26. The van der Waals surface area contributed by atoms with E-state index in [-0.39, 0.29) is 5.24 Å². The molecule has 0 fully saturated rings. The van der Waals surface area contributed by atoms with Crippen LogP contribution in [0.1, 0.15) is 0 Å². The van der Waals surface area contributed by atoms with Crippen molar-refractivity contribution < 1.29 is 9.53 Å². The fraction of sp³-hybridized carbons (Fsp3) is 0.300. The molecule has 0 aliphatic carbocycles. The lowest BCUT2D eigenvalue weighted by Crippen LogP contribution is -2.16.